The quantitative estimate of drug-likeness (QED) is 0.374. The van der Waals surface area contributed by atoms with E-state index in [1.54, 1.807) is 36.4 Å². The Bertz CT molecular complexity index is 1210. The number of hydrazone groups is 1. The summed E-state index contributed by atoms with van der Waals surface area (Å²) in [6, 6.07) is 20.7. The summed E-state index contributed by atoms with van der Waals surface area (Å²) >= 11 is 0. The maximum atomic E-state index is 12.3. The molecule has 8 heteroatoms. The van der Waals surface area contributed by atoms with Crippen LogP contribution in [0.5, 0.6) is 5.75 Å². The summed E-state index contributed by atoms with van der Waals surface area (Å²) in [6.45, 7) is 1.87. The first-order valence-corrected chi connectivity index (χ1v) is 10.2. The van der Waals surface area contributed by atoms with E-state index in [0.29, 0.717) is 16.7 Å². The van der Waals surface area contributed by atoms with E-state index in [1.165, 1.54) is 42.6 Å². The summed E-state index contributed by atoms with van der Waals surface area (Å²) in [4.78, 5) is 12.1. The zero-order valence-corrected chi connectivity index (χ0v) is 16.8. The van der Waals surface area contributed by atoms with Crippen molar-refractivity contribution >= 4 is 22.2 Å². The average Bonchev–Trinajstić information content (AvgIpc) is 2.75. The van der Waals surface area contributed by atoms with Gasteiger partial charge in [0.1, 0.15) is 10.6 Å². The Labute approximate surface area is 174 Å². The van der Waals surface area contributed by atoms with Gasteiger partial charge < -0.3 is 4.18 Å². The lowest BCUT2D eigenvalue weighted by Crippen LogP contribution is -2.17. The molecule has 0 heterocycles. The van der Waals surface area contributed by atoms with Crippen LogP contribution >= 0.6 is 0 Å². The van der Waals surface area contributed by atoms with Gasteiger partial charge in [-0.3, -0.25) is 4.79 Å². The second-order valence-electron chi connectivity index (χ2n) is 6.31. The summed E-state index contributed by atoms with van der Waals surface area (Å²) in [5.41, 5.74) is 4.80. The van der Waals surface area contributed by atoms with Crippen LogP contribution in [0.3, 0.4) is 0 Å². The third kappa shape index (κ3) is 5.31. The average molecular weight is 419 g/mol. The van der Waals surface area contributed by atoms with Gasteiger partial charge in [-0.1, -0.05) is 17.7 Å². The summed E-state index contributed by atoms with van der Waals surface area (Å²) in [7, 11) is -3.92. The molecule has 3 aromatic carbocycles. The van der Waals surface area contributed by atoms with Crippen LogP contribution in [0.2, 0.25) is 0 Å². The van der Waals surface area contributed by atoms with Crippen molar-refractivity contribution in [3.63, 3.8) is 0 Å². The van der Waals surface area contributed by atoms with Crippen molar-refractivity contribution in [1.29, 1.82) is 5.26 Å². The Morgan fingerprint density at radius 1 is 1.00 bits per heavy atom. The molecule has 3 rings (SSSR count). The SMILES string of the molecule is Cc1ccc(S(=O)(=O)Oc2ccc(C=NNC(=O)c3ccc(C#N)cc3)cc2)cc1. The van der Waals surface area contributed by atoms with E-state index in [0.717, 1.165) is 5.56 Å². The van der Waals surface area contributed by atoms with Crippen LogP contribution in [0.1, 0.15) is 27.0 Å². The Kier molecular flexibility index (Phi) is 6.25. The van der Waals surface area contributed by atoms with E-state index in [2.05, 4.69) is 10.5 Å². The molecule has 0 radical (unpaired) electrons. The number of amides is 1. The number of nitriles is 1. The minimum atomic E-state index is -3.92. The largest absolute Gasteiger partial charge is 0.379 e. The summed E-state index contributed by atoms with van der Waals surface area (Å²) < 4.78 is 29.7. The van der Waals surface area contributed by atoms with Crippen LogP contribution in [0.4, 0.5) is 0 Å². The molecule has 1 amide bonds. The highest BCUT2D eigenvalue weighted by atomic mass is 32.2. The van der Waals surface area contributed by atoms with Crippen molar-refractivity contribution in [1.82, 2.24) is 5.43 Å². The monoisotopic (exact) mass is 419 g/mol. The van der Waals surface area contributed by atoms with Crippen molar-refractivity contribution in [2.45, 2.75) is 11.8 Å². The van der Waals surface area contributed by atoms with Gasteiger partial charge in [0.15, 0.2) is 0 Å². The van der Waals surface area contributed by atoms with Gasteiger partial charge in [0, 0.05) is 5.56 Å². The van der Waals surface area contributed by atoms with E-state index >= 15 is 0 Å². The van der Waals surface area contributed by atoms with Crippen molar-refractivity contribution in [3.8, 4) is 11.8 Å². The van der Waals surface area contributed by atoms with Gasteiger partial charge in [-0.25, -0.2) is 5.43 Å². The highest BCUT2D eigenvalue weighted by molar-refractivity contribution is 7.87. The lowest BCUT2D eigenvalue weighted by molar-refractivity contribution is 0.0955. The van der Waals surface area contributed by atoms with Gasteiger partial charge in [-0.15, -0.1) is 0 Å². The van der Waals surface area contributed by atoms with Crippen molar-refractivity contribution in [3.05, 3.63) is 95.1 Å². The maximum absolute atomic E-state index is 12.3. The number of nitrogens with zero attached hydrogens (tertiary/aromatic N) is 2. The number of carbonyl (C=O) groups excluding carboxylic acids is 1. The molecule has 0 atom stereocenters. The number of rotatable bonds is 6. The second kappa shape index (κ2) is 9.03. The van der Waals surface area contributed by atoms with Crippen LogP contribution in [-0.2, 0) is 10.1 Å². The van der Waals surface area contributed by atoms with Crippen molar-refractivity contribution in [2.75, 3.05) is 0 Å². The first kappa shape index (κ1) is 20.8. The lowest BCUT2D eigenvalue weighted by Gasteiger charge is -2.07. The molecular weight excluding hydrogens is 402 g/mol. The molecular formula is C22H17N3O4S. The minimum Gasteiger partial charge on any atom is -0.379 e. The molecule has 0 saturated heterocycles. The Morgan fingerprint density at radius 3 is 2.23 bits per heavy atom. The highest BCUT2D eigenvalue weighted by Gasteiger charge is 2.16. The smallest absolute Gasteiger partial charge is 0.339 e. The Morgan fingerprint density at radius 2 is 1.63 bits per heavy atom. The standard InChI is InChI=1S/C22H17N3O4S/c1-16-2-12-21(13-3-16)30(27,28)29-20-10-6-18(7-11-20)15-24-25-22(26)19-8-4-17(14-23)5-9-19/h2-13,15H,1H3,(H,25,26). The summed E-state index contributed by atoms with van der Waals surface area (Å²) in [6.07, 6.45) is 1.42. The van der Waals surface area contributed by atoms with Crippen molar-refractivity contribution in [2.24, 2.45) is 5.10 Å². The van der Waals surface area contributed by atoms with Crippen LogP contribution < -0.4 is 9.61 Å². The van der Waals surface area contributed by atoms with Gasteiger partial charge >= 0.3 is 10.1 Å². The molecule has 7 nitrogen and oxygen atoms in total. The molecule has 3 aromatic rings. The minimum absolute atomic E-state index is 0.0734. The van der Waals surface area contributed by atoms with Crippen LogP contribution in [-0.4, -0.2) is 20.5 Å². The van der Waals surface area contributed by atoms with Crippen LogP contribution in [0.15, 0.2) is 82.8 Å². The summed E-state index contributed by atoms with van der Waals surface area (Å²) in [5.74, 6) is -0.255. The zero-order chi connectivity index (χ0) is 21.6. The van der Waals surface area contributed by atoms with Gasteiger partial charge in [0.05, 0.1) is 17.8 Å². The van der Waals surface area contributed by atoms with E-state index < -0.39 is 16.0 Å². The molecule has 0 spiro atoms. The number of nitrogens with one attached hydrogen (secondary N) is 1. The third-order valence-corrected chi connectivity index (χ3v) is 5.31. The predicted octanol–water partition coefficient (Wildman–Crippen LogP) is 3.40. The molecule has 30 heavy (non-hydrogen) atoms. The van der Waals surface area contributed by atoms with Crippen LogP contribution in [0.25, 0.3) is 0 Å². The molecule has 0 fully saturated rings. The molecule has 0 aliphatic heterocycles. The number of carbonyl (C=O) groups is 1. The number of benzene rings is 3. The second-order valence-corrected chi connectivity index (χ2v) is 7.85. The number of hydrogen-bond acceptors (Lipinski definition) is 6. The lowest BCUT2D eigenvalue weighted by atomic mass is 10.1. The molecule has 150 valence electrons. The highest BCUT2D eigenvalue weighted by Crippen LogP contribution is 2.19. The molecule has 1 N–H and O–H groups in total. The molecule has 0 aliphatic rings. The fraction of sp³-hybridized carbons (Fsp3) is 0.0455. The van der Waals surface area contributed by atoms with Crippen molar-refractivity contribution < 1.29 is 17.4 Å². The zero-order valence-electron chi connectivity index (χ0n) is 15.9. The van der Waals surface area contributed by atoms with E-state index in [4.69, 9.17) is 9.44 Å². The van der Waals surface area contributed by atoms with E-state index in [1.807, 2.05) is 13.0 Å². The normalized spacial score (nSPS) is 11.1. The Hall–Kier alpha value is -3.96. The maximum Gasteiger partial charge on any atom is 0.339 e. The van der Waals surface area contributed by atoms with Gasteiger partial charge in [-0.2, -0.15) is 18.8 Å². The van der Waals surface area contributed by atoms with E-state index in [9.17, 15) is 13.2 Å². The fourth-order valence-corrected chi connectivity index (χ4v) is 3.35. The van der Waals surface area contributed by atoms with E-state index in [-0.39, 0.29) is 10.6 Å². The molecule has 0 aromatic heterocycles. The predicted molar refractivity (Wildman–Crippen MR) is 112 cm³/mol. The fourth-order valence-electron chi connectivity index (χ4n) is 2.42. The molecule has 0 bridgehead atoms. The van der Waals surface area contributed by atoms with Crippen LogP contribution in [0, 0.1) is 18.3 Å². The number of hydrogen-bond donors (Lipinski definition) is 1. The summed E-state index contributed by atoms with van der Waals surface area (Å²) in [5, 5.41) is 12.6. The number of aryl methyl sites for hydroxylation is 1. The first-order chi connectivity index (χ1) is 14.4. The van der Waals surface area contributed by atoms with Gasteiger partial charge in [0.2, 0.25) is 0 Å². The molecule has 0 unspecified atom stereocenters. The molecule has 0 saturated carbocycles. The molecule has 0 aliphatic carbocycles. The van der Waals surface area contributed by atoms with Gasteiger partial charge in [-0.05, 0) is 73.2 Å². The third-order valence-electron chi connectivity index (χ3n) is 4.05. The van der Waals surface area contributed by atoms with Gasteiger partial charge in [0.25, 0.3) is 5.91 Å². The first-order valence-electron chi connectivity index (χ1n) is 8.82. The Balaban J connectivity index is 1.60. The topological polar surface area (TPSA) is 109 Å².